The molecule has 0 fully saturated rings. The molecule has 0 spiro atoms. The molecule has 0 aliphatic rings. The maximum atomic E-state index is 5.15. The van der Waals surface area contributed by atoms with Crippen LogP contribution in [-0.4, -0.2) is 71.8 Å². The van der Waals surface area contributed by atoms with Gasteiger partial charge in [0.05, 0.1) is 13.2 Å². The van der Waals surface area contributed by atoms with Gasteiger partial charge in [0.15, 0.2) is 0 Å². The van der Waals surface area contributed by atoms with Crippen LogP contribution in [0.2, 0.25) is 0 Å². The van der Waals surface area contributed by atoms with Crippen LogP contribution in [0.15, 0.2) is 12.5 Å². The molecular weight excluding hydrogens is 220 g/mol. The maximum absolute atomic E-state index is 5.15. The Labute approximate surface area is 104 Å². The van der Waals surface area contributed by atoms with Crippen LogP contribution >= 0.6 is 0 Å². The van der Waals surface area contributed by atoms with Gasteiger partial charge >= 0.3 is 0 Å². The first-order valence-electron chi connectivity index (χ1n) is 3.20. The summed E-state index contributed by atoms with van der Waals surface area (Å²) in [6.07, 6.45) is 2.92. The van der Waals surface area contributed by atoms with E-state index in [9.17, 15) is 0 Å². The van der Waals surface area contributed by atoms with E-state index in [-0.39, 0.29) is 45.5 Å². The summed E-state index contributed by atoms with van der Waals surface area (Å²) in [5.41, 5.74) is 10.3. The molecule has 0 rings (SSSR count). The van der Waals surface area contributed by atoms with Crippen LogP contribution in [0.3, 0.4) is 0 Å². The van der Waals surface area contributed by atoms with Gasteiger partial charge < -0.3 is 20.9 Å². The number of rotatable bonds is 6. The van der Waals surface area contributed by atoms with Crippen molar-refractivity contribution in [1.82, 2.24) is 0 Å². The largest absolute Gasteiger partial charge is 0.497 e. The molecule has 2 radical (unpaired) electrons. The molecule has 0 heterocycles. The predicted molar refractivity (Wildman–Crippen MR) is 44.9 cm³/mol. The molecule has 0 aliphatic heterocycles. The van der Waals surface area contributed by atoms with Gasteiger partial charge in [0, 0.05) is 58.6 Å². The Morgan fingerprint density at radius 3 is 1.55 bits per heavy atom. The summed E-state index contributed by atoms with van der Waals surface area (Å²) >= 11 is 0. The van der Waals surface area contributed by atoms with Crippen molar-refractivity contribution in [3.8, 4) is 0 Å². The Hall–Kier alpha value is 0.741. The van der Waals surface area contributed by atoms with Gasteiger partial charge in [0.2, 0.25) is 0 Å². The fourth-order valence-corrected chi connectivity index (χ4v) is 0.351. The maximum Gasteiger partial charge on any atom is 0.117 e. The van der Waals surface area contributed by atoms with E-state index in [1.807, 2.05) is 0 Å². The van der Waals surface area contributed by atoms with E-state index in [4.69, 9.17) is 20.9 Å². The number of ether oxygens (including phenoxy) is 2. The summed E-state index contributed by atoms with van der Waals surface area (Å²) in [5.74, 6) is 0. The van der Waals surface area contributed by atoms with E-state index in [0.717, 1.165) is 0 Å². The molecule has 0 aromatic heterocycles. The number of hydrogen-bond acceptors (Lipinski definition) is 4. The average Bonchev–Trinajstić information content (AvgIpc) is 1.97. The Kier molecular flexibility index (Phi) is 17.3. The van der Waals surface area contributed by atoms with Crippen LogP contribution in [0.5, 0.6) is 0 Å². The molecule has 0 unspecified atom stereocenters. The van der Waals surface area contributed by atoms with Gasteiger partial charge in [-0.1, -0.05) is 0 Å². The second-order valence-corrected chi connectivity index (χ2v) is 1.59. The first-order valence-corrected chi connectivity index (χ1v) is 3.20. The van der Waals surface area contributed by atoms with Crippen LogP contribution < -0.4 is 11.5 Å². The van der Waals surface area contributed by atoms with E-state index in [0.29, 0.717) is 26.3 Å². The van der Waals surface area contributed by atoms with Crippen LogP contribution in [-0.2, 0) is 9.47 Å². The molecule has 0 amide bonds. The van der Waals surface area contributed by atoms with Crippen molar-refractivity contribution >= 4 is 45.5 Å². The molecule has 5 heteroatoms. The Morgan fingerprint density at radius 1 is 0.909 bits per heavy atom. The molecule has 11 heavy (non-hydrogen) atoms. The second-order valence-electron chi connectivity index (χ2n) is 1.59. The summed E-state index contributed by atoms with van der Waals surface area (Å²) in [4.78, 5) is 0. The molecule has 0 aromatic rings. The van der Waals surface area contributed by atoms with Gasteiger partial charge in [0.25, 0.3) is 0 Å². The molecule has 0 aromatic carbocycles. The predicted octanol–water partition coefficient (Wildman–Crippen LogP) is -0.973. The van der Waals surface area contributed by atoms with Gasteiger partial charge in [-0.15, -0.1) is 0 Å². The van der Waals surface area contributed by atoms with Crippen LogP contribution in [0.4, 0.5) is 0 Å². The second kappa shape index (κ2) is 13.3. The van der Waals surface area contributed by atoms with Crippen molar-refractivity contribution in [1.29, 1.82) is 0 Å². The van der Waals surface area contributed by atoms with Crippen molar-refractivity contribution in [3.63, 3.8) is 0 Å². The summed E-state index contributed by atoms with van der Waals surface area (Å²) in [6.45, 7) is 2.06. The smallest absolute Gasteiger partial charge is 0.117 e. The standard InChI is InChI=1S/C6H14N2O2.Sr/c7-1-3-9-5-6-10-4-2-8;/h5-6H,1-4,7-8H2;. The van der Waals surface area contributed by atoms with Gasteiger partial charge in [-0.05, 0) is 0 Å². The third kappa shape index (κ3) is 13.7. The van der Waals surface area contributed by atoms with Gasteiger partial charge in [-0.25, -0.2) is 0 Å². The summed E-state index contributed by atoms with van der Waals surface area (Å²) < 4.78 is 9.72. The van der Waals surface area contributed by atoms with E-state index >= 15 is 0 Å². The Morgan fingerprint density at radius 2 is 1.27 bits per heavy atom. The van der Waals surface area contributed by atoms with Crippen LogP contribution in [0, 0.1) is 0 Å². The topological polar surface area (TPSA) is 70.5 Å². The first kappa shape index (κ1) is 14.3. The van der Waals surface area contributed by atoms with Crippen molar-refractivity contribution < 1.29 is 9.47 Å². The molecule has 0 bridgehead atoms. The van der Waals surface area contributed by atoms with Gasteiger partial charge in [-0.2, -0.15) is 0 Å². The summed E-state index contributed by atoms with van der Waals surface area (Å²) in [6, 6.07) is 0. The van der Waals surface area contributed by atoms with E-state index in [1.165, 1.54) is 12.5 Å². The minimum atomic E-state index is 0. The normalized spacial score (nSPS) is 9.27. The number of hydrogen-bond donors (Lipinski definition) is 2. The number of nitrogens with two attached hydrogens (primary N) is 2. The molecular formula is C6H14N2O2Sr. The van der Waals surface area contributed by atoms with Crippen LogP contribution in [0.1, 0.15) is 0 Å². The zero-order chi connectivity index (χ0) is 7.66. The Bertz CT molecular complexity index is 80.7. The van der Waals surface area contributed by atoms with Crippen molar-refractivity contribution in [3.05, 3.63) is 12.5 Å². The molecule has 0 saturated carbocycles. The summed E-state index contributed by atoms with van der Waals surface area (Å²) in [5, 5.41) is 0. The molecule has 0 saturated heterocycles. The molecule has 62 valence electrons. The molecule has 4 nitrogen and oxygen atoms in total. The fraction of sp³-hybridized carbons (Fsp3) is 0.667. The molecule has 0 aliphatic carbocycles. The minimum absolute atomic E-state index is 0. The first-order chi connectivity index (χ1) is 4.91. The molecule has 0 atom stereocenters. The van der Waals surface area contributed by atoms with E-state index < -0.39 is 0 Å². The fourth-order valence-electron chi connectivity index (χ4n) is 0.351. The zero-order valence-electron chi connectivity index (χ0n) is 6.66. The van der Waals surface area contributed by atoms with Gasteiger partial charge in [-0.3, -0.25) is 0 Å². The van der Waals surface area contributed by atoms with Crippen LogP contribution in [0.25, 0.3) is 0 Å². The third-order valence-corrected chi connectivity index (χ3v) is 0.719. The average molecular weight is 234 g/mol. The van der Waals surface area contributed by atoms with E-state index in [2.05, 4.69) is 0 Å². The van der Waals surface area contributed by atoms with Gasteiger partial charge in [0.1, 0.15) is 12.5 Å². The van der Waals surface area contributed by atoms with E-state index in [1.54, 1.807) is 0 Å². The SMILES string of the molecule is NCCOC=COCCN.[Sr]. The Balaban J connectivity index is 0. The zero-order valence-corrected chi connectivity index (χ0v) is 10.1. The van der Waals surface area contributed by atoms with Crippen molar-refractivity contribution in [2.75, 3.05) is 26.3 Å². The minimum Gasteiger partial charge on any atom is -0.497 e. The van der Waals surface area contributed by atoms with Crippen molar-refractivity contribution in [2.24, 2.45) is 11.5 Å². The quantitative estimate of drug-likeness (QED) is 0.352. The third-order valence-electron chi connectivity index (χ3n) is 0.719. The molecule has 4 N–H and O–H groups in total. The summed E-state index contributed by atoms with van der Waals surface area (Å²) in [7, 11) is 0. The van der Waals surface area contributed by atoms with Crippen molar-refractivity contribution in [2.45, 2.75) is 0 Å². The monoisotopic (exact) mass is 234 g/mol.